The molecule has 1 rings (SSSR count). The number of carbonyl (C=O) groups is 2. The quantitative estimate of drug-likeness (QED) is 0.760. The van der Waals surface area contributed by atoms with E-state index in [2.05, 4.69) is 10.6 Å². The number of carboxylic acids is 1. The molecule has 0 saturated heterocycles. The van der Waals surface area contributed by atoms with Crippen LogP contribution in [-0.4, -0.2) is 29.6 Å². The van der Waals surface area contributed by atoms with Gasteiger partial charge < -0.3 is 15.7 Å². The van der Waals surface area contributed by atoms with Crippen LogP contribution in [0.5, 0.6) is 0 Å². The van der Waals surface area contributed by atoms with Gasteiger partial charge >= 0.3 is 5.97 Å². The molecular weight excluding hydrogens is 239 g/mol. The molecule has 0 spiro atoms. The van der Waals surface area contributed by atoms with E-state index in [-0.39, 0.29) is 11.3 Å². The van der Waals surface area contributed by atoms with E-state index < -0.39 is 23.2 Å². The fourth-order valence-electron chi connectivity index (χ4n) is 1.21. The van der Waals surface area contributed by atoms with Gasteiger partial charge in [-0.3, -0.25) is 4.79 Å². The Labute approximate surface area is 104 Å². The van der Waals surface area contributed by atoms with Gasteiger partial charge in [-0.25, -0.2) is 9.18 Å². The lowest BCUT2D eigenvalue weighted by atomic mass is 10.0. The zero-order valence-corrected chi connectivity index (χ0v) is 10.4. The minimum atomic E-state index is -1.30. The largest absolute Gasteiger partial charge is 0.478 e. The first kappa shape index (κ1) is 14.1. The molecule has 0 saturated carbocycles. The monoisotopic (exact) mass is 254 g/mol. The molecule has 0 atom stereocenters. The van der Waals surface area contributed by atoms with Gasteiger partial charge in [-0.05, 0) is 33.0 Å². The number of carboxylic acid groups (broad SMARTS) is 1. The summed E-state index contributed by atoms with van der Waals surface area (Å²) in [6.07, 6.45) is 0. The maximum Gasteiger partial charge on any atom is 0.337 e. The molecule has 6 heteroatoms. The maximum absolute atomic E-state index is 13.6. The molecule has 98 valence electrons. The van der Waals surface area contributed by atoms with Crippen LogP contribution in [0.1, 0.15) is 24.2 Å². The number of halogens is 1. The zero-order valence-electron chi connectivity index (χ0n) is 10.4. The van der Waals surface area contributed by atoms with Gasteiger partial charge in [0.1, 0.15) is 5.82 Å². The second-order valence-electron chi connectivity index (χ2n) is 4.30. The number of hydrogen-bond acceptors (Lipinski definition) is 3. The zero-order chi connectivity index (χ0) is 13.9. The average molecular weight is 254 g/mol. The summed E-state index contributed by atoms with van der Waals surface area (Å²) in [7, 11) is 1.58. The predicted molar refractivity (Wildman–Crippen MR) is 65.1 cm³/mol. The summed E-state index contributed by atoms with van der Waals surface area (Å²) in [5, 5.41) is 14.0. The van der Waals surface area contributed by atoms with Crippen molar-refractivity contribution in [1.29, 1.82) is 0 Å². The molecule has 1 amide bonds. The minimum Gasteiger partial charge on any atom is -0.478 e. The van der Waals surface area contributed by atoms with Gasteiger partial charge in [-0.1, -0.05) is 6.07 Å². The molecule has 0 aliphatic rings. The molecule has 18 heavy (non-hydrogen) atoms. The Hall–Kier alpha value is -1.95. The Kier molecular flexibility index (Phi) is 4.03. The van der Waals surface area contributed by atoms with Gasteiger partial charge in [0.2, 0.25) is 5.91 Å². The van der Waals surface area contributed by atoms with Crippen LogP contribution in [0, 0.1) is 5.82 Å². The highest BCUT2D eigenvalue weighted by molar-refractivity contribution is 6.03. The van der Waals surface area contributed by atoms with Crippen molar-refractivity contribution in [1.82, 2.24) is 5.32 Å². The molecule has 0 radical (unpaired) electrons. The van der Waals surface area contributed by atoms with E-state index in [9.17, 15) is 14.0 Å². The maximum atomic E-state index is 13.6. The third kappa shape index (κ3) is 2.84. The lowest BCUT2D eigenvalue weighted by Gasteiger charge is -2.23. The van der Waals surface area contributed by atoms with Crippen molar-refractivity contribution in [2.75, 3.05) is 12.4 Å². The van der Waals surface area contributed by atoms with Crippen LogP contribution in [-0.2, 0) is 4.79 Å². The number of aromatic carboxylic acids is 1. The molecule has 0 aliphatic heterocycles. The number of benzene rings is 1. The van der Waals surface area contributed by atoms with Gasteiger partial charge in [0, 0.05) is 0 Å². The van der Waals surface area contributed by atoms with Crippen molar-refractivity contribution in [3.63, 3.8) is 0 Å². The smallest absolute Gasteiger partial charge is 0.337 e. The van der Waals surface area contributed by atoms with Crippen LogP contribution in [0.4, 0.5) is 10.1 Å². The van der Waals surface area contributed by atoms with Crippen molar-refractivity contribution in [2.24, 2.45) is 0 Å². The number of nitrogens with one attached hydrogen (secondary N) is 2. The summed E-state index contributed by atoms with van der Waals surface area (Å²) < 4.78 is 13.6. The summed E-state index contributed by atoms with van der Waals surface area (Å²) in [5.41, 5.74) is -1.54. The van der Waals surface area contributed by atoms with Gasteiger partial charge in [0.15, 0.2) is 0 Å². The van der Waals surface area contributed by atoms with Crippen molar-refractivity contribution in [3.8, 4) is 0 Å². The first-order valence-corrected chi connectivity index (χ1v) is 5.31. The van der Waals surface area contributed by atoms with Crippen LogP contribution in [0.3, 0.4) is 0 Å². The molecule has 3 N–H and O–H groups in total. The first-order chi connectivity index (χ1) is 8.29. The number of rotatable bonds is 4. The third-order valence-electron chi connectivity index (χ3n) is 2.68. The van der Waals surface area contributed by atoms with Gasteiger partial charge in [0.05, 0.1) is 16.8 Å². The van der Waals surface area contributed by atoms with Crippen molar-refractivity contribution in [3.05, 3.63) is 29.6 Å². The number of carbonyl (C=O) groups excluding carboxylic acids is 1. The lowest BCUT2D eigenvalue weighted by molar-refractivity contribution is -0.121. The summed E-state index contributed by atoms with van der Waals surface area (Å²) in [6, 6.07) is 3.60. The van der Waals surface area contributed by atoms with E-state index >= 15 is 0 Å². The number of likely N-dealkylation sites (N-methyl/N-ethyl adjacent to an activating group) is 1. The van der Waals surface area contributed by atoms with Gasteiger partial charge in [-0.2, -0.15) is 0 Å². The fourth-order valence-corrected chi connectivity index (χ4v) is 1.21. The highest BCUT2D eigenvalue weighted by atomic mass is 19.1. The van der Waals surface area contributed by atoms with Gasteiger partial charge in [0.25, 0.3) is 0 Å². The molecule has 0 heterocycles. The summed E-state index contributed by atoms with van der Waals surface area (Å²) in [5.74, 6) is -2.60. The molecule has 0 unspecified atom stereocenters. The van der Waals surface area contributed by atoms with E-state index in [1.807, 2.05) is 0 Å². The molecule has 5 nitrogen and oxygen atoms in total. The van der Waals surface area contributed by atoms with E-state index in [0.717, 1.165) is 6.07 Å². The Morgan fingerprint density at radius 3 is 2.44 bits per heavy atom. The first-order valence-electron chi connectivity index (χ1n) is 5.31. The predicted octanol–water partition coefficient (Wildman–Crippen LogP) is 1.46. The standard InChI is InChI=1S/C12H15FN2O3/c1-12(2,14-3)11(18)15-9-7(10(16)17)5-4-6-8(9)13/h4-6,14H,1-3H3,(H,15,18)(H,16,17). The Balaban J connectivity index is 3.12. The molecule has 0 bridgehead atoms. The van der Waals surface area contributed by atoms with Crippen LogP contribution in [0.25, 0.3) is 0 Å². The van der Waals surface area contributed by atoms with Crippen molar-refractivity contribution in [2.45, 2.75) is 19.4 Å². The molecule has 1 aromatic rings. The highest BCUT2D eigenvalue weighted by Gasteiger charge is 2.27. The Morgan fingerprint density at radius 2 is 1.94 bits per heavy atom. The average Bonchev–Trinajstić information content (AvgIpc) is 2.31. The normalized spacial score (nSPS) is 11.1. The number of amides is 1. The number of anilines is 1. The topological polar surface area (TPSA) is 78.4 Å². The molecular formula is C12H15FN2O3. The van der Waals surface area contributed by atoms with Crippen molar-refractivity contribution >= 4 is 17.6 Å². The van der Waals surface area contributed by atoms with Crippen LogP contribution < -0.4 is 10.6 Å². The summed E-state index contributed by atoms with van der Waals surface area (Å²) in [6.45, 7) is 3.20. The number of hydrogen-bond donors (Lipinski definition) is 3. The van der Waals surface area contributed by atoms with Crippen LogP contribution >= 0.6 is 0 Å². The Bertz CT molecular complexity index is 486. The minimum absolute atomic E-state index is 0.282. The van der Waals surface area contributed by atoms with Gasteiger partial charge in [-0.15, -0.1) is 0 Å². The van der Waals surface area contributed by atoms with Crippen LogP contribution in [0.15, 0.2) is 18.2 Å². The van der Waals surface area contributed by atoms with E-state index in [4.69, 9.17) is 5.11 Å². The second kappa shape index (κ2) is 5.14. The second-order valence-corrected chi connectivity index (χ2v) is 4.30. The van der Waals surface area contributed by atoms with Crippen LogP contribution in [0.2, 0.25) is 0 Å². The fraction of sp³-hybridized carbons (Fsp3) is 0.333. The SMILES string of the molecule is CNC(C)(C)C(=O)Nc1c(F)cccc1C(=O)O. The molecule has 1 aromatic carbocycles. The number of para-hydroxylation sites is 1. The molecule has 0 aromatic heterocycles. The Morgan fingerprint density at radius 1 is 1.33 bits per heavy atom. The highest BCUT2D eigenvalue weighted by Crippen LogP contribution is 2.21. The van der Waals surface area contributed by atoms with E-state index in [1.165, 1.54) is 12.1 Å². The summed E-state index contributed by atoms with van der Waals surface area (Å²) >= 11 is 0. The van der Waals surface area contributed by atoms with E-state index in [1.54, 1.807) is 20.9 Å². The van der Waals surface area contributed by atoms with Crippen molar-refractivity contribution < 1.29 is 19.1 Å². The molecule has 0 aliphatic carbocycles. The lowest BCUT2D eigenvalue weighted by Crippen LogP contribution is -2.48. The van der Waals surface area contributed by atoms with E-state index in [0.29, 0.717) is 0 Å². The molecule has 0 fully saturated rings. The third-order valence-corrected chi connectivity index (χ3v) is 2.68. The summed E-state index contributed by atoms with van der Waals surface area (Å²) in [4.78, 5) is 22.8.